The molecule has 0 saturated heterocycles. The molecule has 1 heterocycles. The molecule has 4 nitrogen and oxygen atoms in total. The highest BCUT2D eigenvalue weighted by atomic mass is 16.5. The van der Waals surface area contributed by atoms with Crippen LogP contribution < -0.4 is 5.56 Å². The Kier molecular flexibility index (Phi) is 5.99. The number of methoxy groups -OCH3 is 1. The standard InChI is InChI=1S/C15H19NO3/c1-4-13(11-19-3)6-5-12(2)16-8-7-14(10-17)9-15(16)18/h4-9,17H,1,10-11H2,2-3H3. The maximum absolute atomic E-state index is 11.8. The van der Waals surface area contributed by atoms with Crippen molar-refractivity contribution in [3.63, 3.8) is 0 Å². The van der Waals surface area contributed by atoms with Crippen molar-refractivity contribution in [3.05, 3.63) is 64.6 Å². The van der Waals surface area contributed by atoms with E-state index in [4.69, 9.17) is 9.84 Å². The molecule has 0 unspecified atom stereocenters. The fraction of sp³-hybridized carbons (Fsp3) is 0.267. The number of hydrogen-bond donors (Lipinski definition) is 1. The van der Waals surface area contributed by atoms with E-state index in [-0.39, 0.29) is 12.2 Å². The van der Waals surface area contributed by atoms with Crippen LogP contribution in [0.4, 0.5) is 0 Å². The molecular formula is C15H19NO3. The van der Waals surface area contributed by atoms with Crippen LogP contribution in [0.5, 0.6) is 0 Å². The molecule has 19 heavy (non-hydrogen) atoms. The van der Waals surface area contributed by atoms with Crippen LogP contribution in [0.2, 0.25) is 0 Å². The second-order valence-corrected chi connectivity index (χ2v) is 4.09. The lowest BCUT2D eigenvalue weighted by atomic mass is 10.2. The molecule has 0 fully saturated rings. The van der Waals surface area contributed by atoms with E-state index in [9.17, 15) is 4.79 Å². The lowest BCUT2D eigenvalue weighted by Crippen LogP contribution is -2.17. The number of nitrogens with zero attached hydrogens (tertiary/aromatic N) is 1. The van der Waals surface area contributed by atoms with Gasteiger partial charge in [-0.25, -0.2) is 0 Å². The Hall–Kier alpha value is -1.91. The van der Waals surface area contributed by atoms with Gasteiger partial charge in [0.2, 0.25) is 0 Å². The molecule has 0 saturated carbocycles. The van der Waals surface area contributed by atoms with E-state index in [2.05, 4.69) is 6.58 Å². The molecule has 0 radical (unpaired) electrons. The summed E-state index contributed by atoms with van der Waals surface area (Å²) in [5.41, 5.74) is 2.16. The number of rotatable bonds is 6. The van der Waals surface area contributed by atoms with Crippen LogP contribution >= 0.6 is 0 Å². The first-order chi connectivity index (χ1) is 9.12. The van der Waals surface area contributed by atoms with Crippen molar-refractivity contribution in [1.29, 1.82) is 0 Å². The average Bonchev–Trinajstić information content (AvgIpc) is 2.42. The largest absolute Gasteiger partial charge is 0.392 e. The summed E-state index contributed by atoms with van der Waals surface area (Å²) >= 11 is 0. The van der Waals surface area contributed by atoms with E-state index < -0.39 is 0 Å². The molecule has 0 atom stereocenters. The van der Waals surface area contributed by atoms with Crippen molar-refractivity contribution < 1.29 is 9.84 Å². The Bertz CT molecular complexity index is 553. The van der Waals surface area contributed by atoms with Crippen LogP contribution in [-0.4, -0.2) is 23.4 Å². The molecule has 1 N–H and O–H groups in total. The van der Waals surface area contributed by atoms with Gasteiger partial charge >= 0.3 is 0 Å². The highest BCUT2D eigenvalue weighted by Gasteiger charge is 1.99. The highest BCUT2D eigenvalue weighted by molar-refractivity contribution is 5.47. The van der Waals surface area contributed by atoms with Gasteiger partial charge in [0.1, 0.15) is 0 Å². The van der Waals surface area contributed by atoms with Gasteiger partial charge in [-0.05, 0) is 30.2 Å². The summed E-state index contributed by atoms with van der Waals surface area (Å²) in [6.07, 6.45) is 7.05. The van der Waals surface area contributed by atoms with E-state index in [0.29, 0.717) is 12.2 Å². The van der Waals surface area contributed by atoms with Crippen molar-refractivity contribution in [2.75, 3.05) is 13.7 Å². The zero-order chi connectivity index (χ0) is 14.3. The Morgan fingerprint density at radius 1 is 1.53 bits per heavy atom. The lowest BCUT2D eigenvalue weighted by Gasteiger charge is -2.06. The quantitative estimate of drug-likeness (QED) is 0.796. The molecule has 1 aromatic rings. The maximum Gasteiger partial charge on any atom is 0.255 e. The van der Waals surface area contributed by atoms with E-state index >= 15 is 0 Å². The molecule has 0 aliphatic carbocycles. The summed E-state index contributed by atoms with van der Waals surface area (Å²) in [7, 11) is 1.62. The molecule has 1 aromatic heterocycles. The summed E-state index contributed by atoms with van der Waals surface area (Å²) in [6.45, 7) is 5.88. The molecule has 0 amide bonds. The number of aliphatic hydroxyl groups is 1. The smallest absolute Gasteiger partial charge is 0.255 e. The first-order valence-electron chi connectivity index (χ1n) is 5.94. The normalized spacial score (nSPS) is 12.6. The van der Waals surface area contributed by atoms with Crippen LogP contribution in [0.3, 0.4) is 0 Å². The molecule has 102 valence electrons. The Labute approximate surface area is 113 Å². The molecule has 0 bridgehead atoms. The Morgan fingerprint density at radius 3 is 2.79 bits per heavy atom. The maximum atomic E-state index is 11.8. The average molecular weight is 261 g/mol. The van der Waals surface area contributed by atoms with E-state index in [0.717, 1.165) is 11.3 Å². The second kappa shape index (κ2) is 7.51. The first-order valence-corrected chi connectivity index (χ1v) is 5.94. The second-order valence-electron chi connectivity index (χ2n) is 4.09. The first kappa shape index (κ1) is 15.1. The van der Waals surface area contributed by atoms with Crippen molar-refractivity contribution in [1.82, 2.24) is 4.57 Å². The molecular weight excluding hydrogens is 242 g/mol. The monoisotopic (exact) mass is 261 g/mol. The van der Waals surface area contributed by atoms with Gasteiger partial charge in [0.05, 0.1) is 13.2 Å². The summed E-state index contributed by atoms with van der Waals surface area (Å²) in [4.78, 5) is 11.8. The van der Waals surface area contributed by atoms with Crippen molar-refractivity contribution in [2.24, 2.45) is 0 Å². The van der Waals surface area contributed by atoms with Crippen molar-refractivity contribution in [2.45, 2.75) is 13.5 Å². The third-order valence-electron chi connectivity index (χ3n) is 2.66. The Balaban J connectivity index is 3.02. The van der Waals surface area contributed by atoms with Gasteiger partial charge in [-0.15, -0.1) is 0 Å². The van der Waals surface area contributed by atoms with Crippen molar-refractivity contribution >= 4 is 5.70 Å². The summed E-state index contributed by atoms with van der Waals surface area (Å²) < 4.78 is 6.54. The lowest BCUT2D eigenvalue weighted by molar-refractivity contribution is 0.228. The van der Waals surface area contributed by atoms with Gasteiger partial charge in [-0.3, -0.25) is 9.36 Å². The summed E-state index contributed by atoms with van der Waals surface area (Å²) in [6, 6.07) is 3.14. The number of allylic oxidation sites excluding steroid dienone is 3. The van der Waals surface area contributed by atoms with Gasteiger partial charge in [-0.1, -0.05) is 18.7 Å². The van der Waals surface area contributed by atoms with Gasteiger partial charge in [0.15, 0.2) is 0 Å². The third kappa shape index (κ3) is 4.35. The molecule has 1 rings (SSSR count). The highest BCUT2D eigenvalue weighted by Crippen LogP contribution is 2.04. The predicted molar refractivity (Wildman–Crippen MR) is 76.7 cm³/mol. The van der Waals surface area contributed by atoms with Gasteiger partial charge in [0.25, 0.3) is 5.56 Å². The van der Waals surface area contributed by atoms with Gasteiger partial charge < -0.3 is 9.84 Å². The predicted octanol–water partition coefficient (Wildman–Crippen LogP) is 1.96. The summed E-state index contributed by atoms with van der Waals surface area (Å²) in [5.74, 6) is 0. The fourth-order valence-corrected chi connectivity index (χ4v) is 1.56. The number of aromatic nitrogens is 1. The van der Waals surface area contributed by atoms with Crippen LogP contribution in [0.1, 0.15) is 12.5 Å². The van der Waals surface area contributed by atoms with E-state index in [1.807, 2.05) is 19.1 Å². The minimum Gasteiger partial charge on any atom is -0.392 e. The number of ether oxygens (including phenoxy) is 1. The van der Waals surface area contributed by atoms with Crippen LogP contribution in [0.25, 0.3) is 5.70 Å². The summed E-state index contributed by atoms with van der Waals surface area (Å²) in [5, 5.41) is 8.96. The molecule has 4 heteroatoms. The SMILES string of the molecule is C=CC(=CC=C(C)n1ccc(CO)cc1=O)COC. The van der Waals surface area contributed by atoms with Crippen LogP contribution in [0.15, 0.2) is 53.5 Å². The number of aliphatic hydroxyl groups excluding tert-OH is 1. The Morgan fingerprint density at radius 2 is 2.26 bits per heavy atom. The number of hydrogen-bond acceptors (Lipinski definition) is 3. The van der Waals surface area contributed by atoms with Crippen molar-refractivity contribution in [3.8, 4) is 0 Å². The third-order valence-corrected chi connectivity index (χ3v) is 2.66. The van der Waals surface area contributed by atoms with Gasteiger partial charge in [-0.2, -0.15) is 0 Å². The minimum atomic E-state index is -0.166. The number of pyridine rings is 1. The molecule has 0 spiro atoms. The van der Waals surface area contributed by atoms with Crippen LogP contribution in [-0.2, 0) is 11.3 Å². The topological polar surface area (TPSA) is 51.5 Å². The van der Waals surface area contributed by atoms with E-state index in [1.165, 1.54) is 10.6 Å². The molecule has 0 aliphatic rings. The zero-order valence-electron chi connectivity index (χ0n) is 11.3. The zero-order valence-corrected chi connectivity index (χ0v) is 11.3. The van der Waals surface area contributed by atoms with E-state index in [1.54, 1.807) is 25.4 Å². The minimum absolute atomic E-state index is 0.132. The van der Waals surface area contributed by atoms with Gasteiger partial charge in [0, 0.05) is 25.1 Å². The van der Waals surface area contributed by atoms with Crippen LogP contribution in [0, 0.1) is 0 Å². The molecule has 0 aliphatic heterocycles. The molecule has 0 aromatic carbocycles. The fourth-order valence-electron chi connectivity index (χ4n) is 1.56.